The van der Waals surface area contributed by atoms with Gasteiger partial charge in [0.25, 0.3) is 10.0 Å². The number of anilines is 1. The number of carbonyl (C=O) groups is 1. The Morgan fingerprint density at radius 2 is 1.78 bits per heavy atom. The maximum atomic E-state index is 12.9. The van der Waals surface area contributed by atoms with E-state index in [1.807, 2.05) is 13.0 Å². The summed E-state index contributed by atoms with van der Waals surface area (Å²) in [5.41, 5.74) is 3.24. The van der Waals surface area contributed by atoms with Gasteiger partial charge in [0.2, 0.25) is 0 Å². The van der Waals surface area contributed by atoms with Gasteiger partial charge in [-0.15, -0.1) is 0 Å². The molecule has 0 fully saturated rings. The third-order valence-corrected chi connectivity index (χ3v) is 6.00. The average molecular weight is 329 g/mol. The number of Topliss-reactive ketones (excluding diaryl/α,β-unsaturated/α-hetero) is 1. The lowest BCUT2D eigenvalue weighted by Gasteiger charge is -2.30. The van der Waals surface area contributed by atoms with Crippen LogP contribution in [0.4, 0.5) is 5.69 Å². The van der Waals surface area contributed by atoms with E-state index in [1.165, 1.54) is 11.2 Å². The maximum Gasteiger partial charge on any atom is 0.264 e. The summed E-state index contributed by atoms with van der Waals surface area (Å²) in [6, 6.07) is 12.1. The van der Waals surface area contributed by atoms with Crippen LogP contribution in [0.1, 0.15) is 34.8 Å². The van der Waals surface area contributed by atoms with Crippen LogP contribution in [-0.2, 0) is 16.4 Å². The molecule has 5 heteroatoms. The lowest BCUT2D eigenvalue weighted by molar-refractivity contribution is 0.101. The van der Waals surface area contributed by atoms with Crippen LogP contribution in [0.15, 0.2) is 47.4 Å². The Labute approximate surface area is 136 Å². The van der Waals surface area contributed by atoms with E-state index < -0.39 is 10.0 Å². The minimum absolute atomic E-state index is 0.00804. The third kappa shape index (κ3) is 2.88. The molecule has 0 amide bonds. The number of rotatable bonds is 3. The molecule has 2 aromatic carbocycles. The first-order valence-electron chi connectivity index (χ1n) is 7.63. The molecule has 2 aromatic rings. The highest BCUT2D eigenvalue weighted by molar-refractivity contribution is 7.92. The van der Waals surface area contributed by atoms with Gasteiger partial charge in [-0.2, -0.15) is 0 Å². The van der Waals surface area contributed by atoms with Crippen LogP contribution in [-0.4, -0.2) is 20.7 Å². The van der Waals surface area contributed by atoms with Gasteiger partial charge in [-0.25, -0.2) is 8.42 Å². The largest absolute Gasteiger partial charge is 0.295 e. The molecule has 1 heterocycles. The number of hydrogen-bond donors (Lipinski definition) is 0. The quantitative estimate of drug-likeness (QED) is 0.812. The Balaban J connectivity index is 2.06. The number of ketones is 1. The van der Waals surface area contributed by atoms with Crippen LogP contribution in [0, 0.1) is 6.92 Å². The summed E-state index contributed by atoms with van der Waals surface area (Å²) in [7, 11) is -3.58. The second kappa shape index (κ2) is 5.81. The van der Waals surface area contributed by atoms with Crippen LogP contribution in [0.25, 0.3) is 0 Å². The van der Waals surface area contributed by atoms with E-state index in [2.05, 4.69) is 0 Å². The molecule has 0 saturated heterocycles. The summed E-state index contributed by atoms with van der Waals surface area (Å²) in [6.07, 6.45) is 1.54. The van der Waals surface area contributed by atoms with E-state index in [9.17, 15) is 13.2 Å². The number of benzene rings is 2. The number of carbonyl (C=O) groups excluding carboxylic acids is 1. The smallest absolute Gasteiger partial charge is 0.264 e. The van der Waals surface area contributed by atoms with E-state index in [4.69, 9.17) is 0 Å². The van der Waals surface area contributed by atoms with Gasteiger partial charge in [-0.1, -0.05) is 17.7 Å². The molecule has 1 aliphatic rings. The minimum atomic E-state index is -3.58. The van der Waals surface area contributed by atoms with Gasteiger partial charge >= 0.3 is 0 Å². The van der Waals surface area contributed by atoms with Crippen molar-refractivity contribution in [1.82, 2.24) is 0 Å². The van der Waals surface area contributed by atoms with Gasteiger partial charge in [-0.3, -0.25) is 9.10 Å². The number of sulfonamides is 1. The van der Waals surface area contributed by atoms with Crippen molar-refractivity contribution in [2.45, 2.75) is 31.6 Å². The second-order valence-electron chi connectivity index (χ2n) is 5.89. The van der Waals surface area contributed by atoms with Crippen molar-refractivity contribution < 1.29 is 13.2 Å². The molecule has 0 aliphatic carbocycles. The Bertz CT molecular complexity index is 854. The lowest BCUT2D eigenvalue weighted by Crippen LogP contribution is -2.35. The number of nitrogens with zero attached hydrogens (tertiary/aromatic N) is 1. The van der Waals surface area contributed by atoms with E-state index in [0.717, 1.165) is 24.0 Å². The first-order chi connectivity index (χ1) is 10.9. The standard InChI is InChI=1S/C18H19NO3S/c1-13-5-8-17(9-6-13)23(21,22)19-11-3-4-16-12-15(14(2)20)7-10-18(16)19/h5-10,12H,3-4,11H2,1-2H3. The SMILES string of the molecule is CC(=O)c1ccc2c(c1)CCCN2S(=O)(=O)c1ccc(C)cc1. The molecule has 23 heavy (non-hydrogen) atoms. The molecule has 0 atom stereocenters. The van der Waals surface area contributed by atoms with Gasteiger partial charge in [0.15, 0.2) is 5.78 Å². The van der Waals surface area contributed by atoms with Crippen molar-refractivity contribution in [2.24, 2.45) is 0 Å². The van der Waals surface area contributed by atoms with Crippen molar-refractivity contribution in [3.63, 3.8) is 0 Å². The minimum Gasteiger partial charge on any atom is -0.295 e. The number of hydrogen-bond acceptors (Lipinski definition) is 3. The van der Waals surface area contributed by atoms with Crippen LogP contribution < -0.4 is 4.31 Å². The van der Waals surface area contributed by atoms with E-state index in [-0.39, 0.29) is 5.78 Å². The lowest BCUT2D eigenvalue weighted by atomic mass is 9.99. The Morgan fingerprint density at radius 3 is 2.43 bits per heavy atom. The summed E-state index contributed by atoms with van der Waals surface area (Å²) in [5, 5.41) is 0. The van der Waals surface area contributed by atoms with Crippen molar-refractivity contribution >= 4 is 21.5 Å². The monoisotopic (exact) mass is 329 g/mol. The van der Waals surface area contributed by atoms with Crippen molar-refractivity contribution in [2.75, 3.05) is 10.8 Å². The summed E-state index contributed by atoms with van der Waals surface area (Å²) in [4.78, 5) is 11.8. The van der Waals surface area contributed by atoms with Crippen molar-refractivity contribution in [3.8, 4) is 0 Å². The van der Waals surface area contributed by atoms with Gasteiger partial charge < -0.3 is 0 Å². The molecule has 0 aromatic heterocycles. The molecule has 1 aliphatic heterocycles. The molecular weight excluding hydrogens is 310 g/mol. The van der Waals surface area contributed by atoms with Crippen molar-refractivity contribution in [1.29, 1.82) is 0 Å². The normalized spacial score (nSPS) is 14.4. The predicted molar refractivity (Wildman–Crippen MR) is 90.5 cm³/mol. The Morgan fingerprint density at radius 1 is 1.09 bits per heavy atom. The predicted octanol–water partition coefficient (Wildman–Crippen LogP) is 3.34. The van der Waals surface area contributed by atoms with E-state index in [0.29, 0.717) is 22.7 Å². The Kier molecular flexibility index (Phi) is 3.98. The Hall–Kier alpha value is -2.14. The zero-order valence-electron chi connectivity index (χ0n) is 13.2. The van der Waals surface area contributed by atoms with Crippen LogP contribution in [0.2, 0.25) is 0 Å². The molecule has 4 nitrogen and oxygen atoms in total. The van der Waals surface area contributed by atoms with Gasteiger partial charge in [0.1, 0.15) is 0 Å². The molecular formula is C18H19NO3S. The first-order valence-corrected chi connectivity index (χ1v) is 9.07. The van der Waals surface area contributed by atoms with Crippen LogP contribution in [0.5, 0.6) is 0 Å². The number of aryl methyl sites for hydroxylation is 2. The van der Waals surface area contributed by atoms with E-state index >= 15 is 0 Å². The molecule has 0 saturated carbocycles. The van der Waals surface area contributed by atoms with E-state index in [1.54, 1.807) is 36.4 Å². The summed E-state index contributed by atoms with van der Waals surface area (Å²) in [6.45, 7) is 3.91. The zero-order chi connectivity index (χ0) is 16.6. The average Bonchev–Trinajstić information content (AvgIpc) is 2.54. The summed E-state index contributed by atoms with van der Waals surface area (Å²) < 4.78 is 27.3. The zero-order valence-corrected chi connectivity index (χ0v) is 14.1. The van der Waals surface area contributed by atoms with Crippen LogP contribution >= 0.6 is 0 Å². The molecule has 0 radical (unpaired) electrons. The highest BCUT2D eigenvalue weighted by Gasteiger charge is 2.29. The van der Waals surface area contributed by atoms with Gasteiger partial charge in [0.05, 0.1) is 10.6 Å². The highest BCUT2D eigenvalue weighted by Crippen LogP contribution is 2.32. The topological polar surface area (TPSA) is 54.5 Å². The molecule has 0 N–H and O–H groups in total. The second-order valence-corrected chi connectivity index (χ2v) is 7.76. The fraction of sp³-hybridized carbons (Fsp3) is 0.278. The van der Waals surface area contributed by atoms with Crippen LogP contribution in [0.3, 0.4) is 0 Å². The molecule has 0 unspecified atom stereocenters. The highest BCUT2D eigenvalue weighted by atomic mass is 32.2. The first kappa shape index (κ1) is 15.7. The fourth-order valence-electron chi connectivity index (χ4n) is 2.87. The summed E-state index contributed by atoms with van der Waals surface area (Å²) >= 11 is 0. The van der Waals surface area contributed by atoms with Gasteiger partial charge in [-0.05, 0) is 62.6 Å². The third-order valence-electron chi connectivity index (χ3n) is 4.17. The summed E-state index contributed by atoms with van der Waals surface area (Å²) in [5.74, 6) is -0.00804. The molecule has 0 bridgehead atoms. The van der Waals surface area contributed by atoms with Gasteiger partial charge in [0, 0.05) is 12.1 Å². The van der Waals surface area contributed by atoms with Crippen molar-refractivity contribution in [3.05, 3.63) is 59.2 Å². The number of fused-ring (bicyclic) bond motifs is 1. The fourth-order valence-corrected chi connectivity index (χ4v) is 4.41. The molecule has 120 valence electrons. The molecule has 0 spiro atoms. The maximum absolute atomic E-state index is 12.9. The molecule has 3 rings (SSSR count).